The van der Waals surface area contributed by atoms with Crippen LogP contribution in [0.3, 0.4) is 0 Å². The van der Waals surface area contributed by atoms with Crippen LogP contribution in [0.15, 0.2) is 48.5 Å². The maximum Gasteiger partial charge on any atom is 0.389 e. The van der Waals surface area contributed by atoms with Gasteiger partial charge in [-0.15, -0.1) is 0 Å². The summed E-state index contributed by atoms with van der Waals surface area (Å²) in [7, 11) is 0. The lowest BCUT2D eigenvalue weighted by molar-refractivity contribution is -0.138. The van der Waals surface area contributed by atoms with E-state index in [4.69, 9.17) is 0 Å². The lowest BCUT2D eigenvalue weighted by Gasteiger charge is -2.15. The Morgan fingerprint density at radius 2 is 1.67 bits per heavy atom. The number of aryl methyl sites for hydroxylation is 1. The second kappa shape index (κ2) is 8.66. The van der Waals surface area contributed by atoms with E-state index in [-0.39, 0.29) is 24.1 Å². The van der Waals surface area contributed by atoms with Crippen molar-refractivity contribution in [1.82, 2.24) is 5.32 Å². The summed E-state index contributed by atoms with van der Waals surface area (Å²) in [5.74, 6) is -3.52. The van der Waals surface area contributed by atoms with Crippen LogP contribution in [0.5, 0.6) is 0 Å². The maximum absolute atomic E-state index is 13.0. The summed E-state index contributed by atoms with van der Waals surface area (Å²) in [5, 5.41) is 11.8. The molecule has 1 amide bonds. The molecule has 2 rings (SSSR count). The van der Waals surface area contributed by atoms with E-state index in [2.05, 4.69) is 5.32 Å². The van der Waals surface area contributed by atoms with Crippen molar-refractivity contribution >= 4 is 11.9 Å². The van der Waals surface area contributed by atoms with E-state index in [1.807, 2.05) is 0 Å². The third-order valence-electron chi connectivity index (χ3n) is 3.98. The molecule has 0 spiro atoms. The zero-order valence-electron chi connectivity index (χ0n) is 14.1. The quantitative estimate of drug-likeness (QED) is 0.713. The van der Waals surface area contributed by atoms with Gasteiger partial charge in [0.15, 0.2) is 0 Å². The van der Waals surface area contributed by atoms with Crippen LogP contribution in [0.25, 0.3) is 0 Å². The highest BCUT2D eigenvalue weighted by Gasteiger charge is 2.27. The van der Waals surface area contributed by atoms with Crippen LogP contribution in [0.4, 0.5) is 17.6 Å². The first-order valence-electron chi connectivity index (χ1n) is 8.08. The Balaban J connectivity index is 2.10. The highest BCUT2D eigenvalue weighted by atomic mass is 19.4. The van der Waals surface area contributed by atoms with E-state index in [1.165, 1.54) is 36.4 Å². The Morgan fingerprint density at radius 1 is 1.04 bits per heavy atom. The fourth-order valence-electron chi connectivity index (χ4n) is 2.57. The van der Waals surface area contributed by atoms with E-state index < -0.39 is 36.2 Å². The van der Waals surface area contributed by atoms with Gasteiger partial charge in [0.25, 0.3) is 5.91 Å². The van der Waals surface area contributed by atoms with Crippen LogP contribution in [0, 0.1) is 5.82 Å². The van der Waals surface area contributed by atoms with E-state index in [0.29, 0.717) is 5.56 Å². The standard InChI is InChI=1S/C19H17F4NO3/c20-14-7-5-13(6-8-14)16(18(26)27)11-24-17(25)15-4-2-1-3-12(15)9-10-19(21,22)23/h1-8,16H,9-11H2,(H,24,25)(H,26,27). The minimum atomic E-state index is -4.35. The number of aliphatic carboxylic acids is 1. The Morgan fingerprint density at radius 3 is 2.26 bits per heavy atom. The van der Waals surface area contributed by atoms with E-state index in [0.717, 1.165) is 12.1 Å². The average Bonchev–Trinajstić information content (AvgIpc) is 2.61. The predicted octanol–water partition coefficient (Wildman–Crippen LogP) is 3.92. The van der Waals surface area contributed by atoms with Gasteiger partial charge < -0.3 is 10.4 Å². The monoisotopic (exact) mass is 383 g/mol. The summed E-state index contributed by atoms with van der Waals surface area (Å²) in [6.45, 7) is -0.284. The van der Waals surface area contributed by atoms with Gasteiger partial charge in [-0.1, -0.05) is 30.3 Å². The van der Waals surface area contributed by atoms with Gasteiger partial charge in [0, 0.05) is 18.5 Å². The van der Waals surface area contributed by atoms with Gasteiger partial charge in [0.1, 0.15) is 5.82 Å². The number of alkyl halides is 3. The Hall–Kier alpha value is -2.90. The zero-order chi connectivity index (χ0) is 20.0. The first-order valence-corrected chi connectivity index (χ1v) is 8.08. The lowest BCUT2D eigenvalue weighted by atomic mass is 9.98. The second-order valence-corrected chi connectivity index (χ2v) is 5.92. The molecule has 0 aliphatic heterocycles. The fourth-order valence-corrected chi connectivity index (χ4v) is 2.57. The van der Waals surface area contributed by atoms with Gasteiger partial charge in [-0.3, -0.25) is 9.59 Å². The molecule has 0 heterocycles. The summed E-state index contributed by atoms with van der Waals surface area (Å²) in [4.78, 5) is 23.8. The van der Waals surface area contributed by atoms with Crippen molar-refractivity contribution in [3.05, 3.63) is 71.0 Å². The van der Waals surface area contributed by atoms with Crippen molar-refractivity contribution < 1.29 is 32.3 Å². The molecule has 0 bridgehead atoms. The molecule has 0 saturated carbocycles. The van der Waals surface area contributed by atoms with Crippen LogP contribution in [-0.2, 0) is 11.2 Å². The summed E-state index contributed by atoms with van der Waals surface area (Å²) in [5.41, 5.74) is 0.584. The van der Waals surface area contributed by atoms with Gasteiger partial charge >= 0.3 is 12.1 Å². The average molecular weight is 383 g/mol. The smallest absolute Gasteiger partial charge is 0.389 e. The van der Waals surface area contributed by atoms with Crippen molar-refractivity contribution in [2.45, 2.75) is 24.9 Å². The SMILES string of the molecule is O=C(NCC(C(=O)O)c1ccc(F)cc1)c1ccccc1CCC(F)(F)F. The molecule has 2 N–H and O–H groups in total. The highest BCUT2D eigenvalue weighted by molar-refractivity contribution is 5.96. The molecule has 0 saturated heterocycles. The van der Waals surface area contributed by atoms with Gasteiger partial charge in [0.2, 0.25) is 0 Å². The first kappa shape index (κ1) is 20.4. The predicted molar refractivity (Wildman–Crippen MR) is 89.9 cm³/mol. The van der Waals surface area contributed by atoms with Gasteiger partial charge in [-0.2, -0.15) is 13.2 Å². The number of rotatable bonds is 7. The molecule has 4 nitrogen and oxygen atoms in total. The molecule has 0 radical (unpaired) electrons. The number of carbonyl (C=O) groups excluding carboxylic acids is 1. The maximum atomic E-state index is 13.0. The molecule has 1 atom stereocenters. The van der Waals surface area contributed by atoms with Crippen LogP contribution in [-0.4, -0.2) is 29.7 Å². The molecule has 0 fully saturated rings. The van der Waals surface area contributed by atoms with Crippen molar-refractivity contribution in [2.24, 2.45) is 0 Å². The number of hydrogen-bond donors (Lipinski definition) is 2. The molecule has 0 aromatic heterocycles. The van der Waals surface area contributed by atoms with Crippen molar-refractivity contribution in [2.75, 3.05) is 6.54 Å². The van der Waals surface area contributed by atoms with Gasteiger partial charge in [0.05, 0.1) is 5.92 Å². The summed E-state index contributed by atoms with van der Waals surface area (Å²) < 4.78 is 50.3. The molecule has 1 unspecified atom stereocenters. The number of carbonyl (C=O) groups is 2. The van der Waals surface area contributed by atoms with Crippen molar-refractivity contribution in [3.8, 4) is 0 Å². The molecule has 2 aromatic carbocycles. The molecule has 0 aliphatic rings. The first-order chi connectivity index (χ1) is 12.7. The number of amides is 1. The molecule has 144 valence electrons. The number of halogens is 4. The van der Waals surface area contributed by atoms with E-state index in [9.17, 15) is 32.3 Å². The minimum absolute atomic E-state index is 0.0602. The van der Waals surface area contributed by atoms with Crippen molar-refractivity contribution in [1.29, 1.82) is 0 Å². The fraction of sp³-hybridized carbons (Fsp3) is 0.263. The van der Waals surface area contributed by atoms with Crippen LogP contribution in [0.1, 0.15) is 33.8 Å². The van der Waals surface area contributed by atoms with E-state index >= 15 is 0 Å². The number of hydrogen-bond acceptors (Lipinski definition) is 2. The number of benzene rings is 2. The minimum Gasteiger partial charge on any atom is -0.481 e. The molecule has 8 heteroatoms. The Labute approximate surface area is 152 Å². The molecular formula is C19H17F4NO3. The summed E-state index contributed by atoms with van der Waals surface area (Å²) >= 11 is 0. The van der Waals surface area contributed by atoms with Crippen LogP contribution in [0.2, 0.25) is 0 Å². The number of carboxylic acid groups (broad SMARTS) is 1. The third-order valence-corrected chi connectivity index (χ3v) is 3.98. The number of nitrogens with one attached hydrogen (secondary N) is 1. The summed E-state index contributed by atoms with van der Waals surface area (Å²) in [6, 6.07) is 10.7. The molecular weight excluding hydrogens is 366 g/mol. The third kappa shape index (κ3) is 6.09. The molecule has 27 heavy (non-hydrogen) atoms. The zero-order valence-corrected chi connectivity index (χ0v) is 14.1. The highest BCUT2D eigenvalue weighted by Crippen LogP contribution is 2.23. The largest absolute Gasteiger partial charge is 0.481 e. The molecule has 2 aromatic rings. The normalized spacial score (nSPS) is 12.4. The topological polar surface area (TPSA) is 66.4 Å². The Kier molecular flexibility index (Phi) is 6.55. The second-order valence-electron chi connectivity index (χ2n) is 5.92. The lowest BCUT2D eigenvalue weighted by Crippen LogP contribution is -2.32. The molecule has 0 aliphatic carbocycles. The summed E-state index contributed by atoms with van der Waals surface area (Å²) in [6.07, 6.45) is -5.77. The Bertz CT molecular complexity index is 803. The van der Waals surface area contributed by atoms with Crippen molar-refractivity contribution in [3.63, 3.8) is 0 Å². The number of carboxylic acids is 1. The van der Waals surface area contributed by atoms with E-state index in [1.54, 1.807) is 0 Å². The van der Waals surface area contributed by atoms with Gasteiger partial charge in [-0.25, -0.2) is 4.39 Å². The van der Waals surface area contributed by atoms with Gasteiger partial charge in [-0.05, 0) is 35.7 Å². The van der Waals surface area contributed by atoms with Crippen LogP contribution >= 0.6 is 0 Å². The van der Waals surface area contributed by atoms with Crippen LogP contribution < -0.4 is 5.32 Å².